The van der Waals surface area contributed by atoms with Gasteiger partial charge in [0.1, 0.15) is 17.2 Å². The van der Waals surface area contributed by atoms with Crippen molar-refractivity contribution in [3.63, 3.8) is 0 Å². The highest BCUT2D eigenvalue weighted by Crippen LogP contribution is 2.33. The number of benzene rings is 1. The molecule has 0 aromatic heterocycles. The second-order valence-electron chi connectivity index (χ2n) is 4.45. The molecule has 1 aromatic carbocycles. The van der Waals surface area contributed by atoms with E-state index in [9.17, 15) is 0 Å². The van der Waals surface area contributed by atoms with Crippen molar-refractivity contribution in [2.75, 3.05) is 27.9 Å². The number of nitrogens with one attached hydrogen (secondary N) is 1. The van der Waals surface area contributed by atoms with Gasteiger partial charge in [-0.1, -0.05) is 0 Å². The Hall–Kier alpha value is -1.46. The molecule has 5 nitrogen and oxygen atoms in total. The summed E-state index contributed by atoms with van der Waals surface area (Å²) in [5, 5.41) is 3.34. The summed E-state index contributed by atoms with van der Waals surface area (Å²) in [6, 6.07) is 3.91. The molecule has 108 valence electrons. The molecule has 0 fully saturated rings. The van der Waals surface area contributed by atoms with Gasteiger partial charge >= 0.3 is 0 Å². The molecule has 0 radical (unpaired) electrons. The molecular weight excluding hydrogens is 244 g/mol. The maximum absolute atomic E-state index is 5.72. The summed E-state index contributed by atoms with van der Waals surface area (Å²) >= 11 is 0. The molecule has 0 spiro atoms. The van der Waals surface area contributed by atoms with Gasteiger partial charge in [0.15, 0.2) is 0 Å². The van der Waals surface area contributed by atoms with Gasteiger partial charge in [-0.15, -0.1) is 0 Å². The van der Waals surface area contributed by atoms with Crippen molar-refractivity contribution in [1.29, 1.82) is 0 Å². The van der Waals surface area contributed by atoms with E-state index in [4.69, 9.17) is 19.9 Å². The fourth-order valence-electron chi connectivity index (χ4n) is 1.80. The van der Waals surface area contributed by atoms with Crippen molar-refractivity contribution in [2.45, 2.75) is 25.9 Å². The third-order valence-corrected chi connectivity index (χ3v) is 2.90. The first-order valence-electron chi connectivity index (χ1n) is 6.37. The number of rotatable bonds is 8. The summed E-state index contributed by atoms with van der Waals surface area (Å²) in [4.78, 5) is 0. The standard InChI is InChI=1S/C14H24N2O3/c1-10(15)5-6-16-9-12-13(18-3)7-11(17-2)8-14(12)19-4/h7-8,10,16H,5-6,9,15H2,1-4H3. The third-order valence-electron chi connectivity index (χ3n) is 2.90. The fraction of sp³-hybridized carbons (Fsp3) is 0.571. The van der Waals surface area contributed by atoms with Crippen LogP contribution in [0, 0.1) is 0 Å². The van der Waals surface area contributed by atoms with Gasteiger partial charge < -0.3 is 25.3 Å². The lowest BCUT2D eigenvalue weighted by molar-refractivity contribution is 0.366. The number of nitrogens with two attached hydrogens (primary N) is 1. The summed E-state index contributed by atoms with van der Waals surface area (Å²) in [6.07, 6.45) is 0.931. The third kappa shape index (κ3) is 4.61. The van der Waals surface area contributed by atoms with E-state index >= 15 is 0 Å². The molecule has 1 unspecified atom stereocenters. The monoisotopic (exact) mass is 268 g/mol. The van der Waals surface area contributed by atoms with Crippen LogP contribution in [0.2, 0.25) is 0 Å². The average molecular weight is 268 g/mol. The van der Waals surface area contributed by atoms with Crippen LogP contribution in [0.4, 0.5) is 0 Å². The second-order valence-corrected chi connectivity index (χ2v) is 4.45. The molecule has 0 saturated heterocycles. The largest absolute Gasteiger partial charge is 0.496 e. The van der Waals surface area contributed by atoms with Crippen LogP contribution < -0.4 is 25.3 Å². The predicted molar refractivity (Wildman–Crippen MR) is 76.1 cm³/mol. The summed E-state index contributed by atoms with van der Waals surface area (Å²) in [6.45, 7) is 3.52. The van der Waals surface area contributed by atoms with E-state index in [0.29, 0.717) is 12.3 Å². The minimum absolute atomic E-state index is 0.201. The molecule has 1 rings (SSSR count). The van der Waals surface area contributed by atoms with Crippen LogP contribution in [0.15, 0.2) is 12.1 Å². The van der Waals surface area contributed by atoms with E-state index in [0.717, 1.165) is 30.0 Å². The van der Waals surface area contributed by atoms with E-state index in [1.807, 2.05) is 19.1 Å². The number of hydrogen-bond donors (Lipinski definition) is 2. The van der Waals surface area contributed by atoms with Gasteiger partial charge in [-0.05, 0) is 19.9 Å². The van der Waals surface area contributed by atoms with Gasteiger partial charge in [0, 0.05) is 24.7 Å². The van der Waals surface area contributed by atoms with Gasteiger partial charge in [0.2, 0.25) is 0 Å². The topological polar surface area (TPSA) is 65.7 Å². The summed E-state index contributed by atoms with van der Waals surface area (Å²) in [5.74, 6) is 2.22. The molecule has 0 aliphatic rings. The zero-order chi connectivity index (χ0) is 14.3. The normalized spacial score (nSPS) is 12.1. The molecule has 1 aromatic rings. The van der Waals surface area contributed by atoms with Crippen LogP contribution in [0.1, 0.15) is 18.9 Å². The maximum Gasteiger partial charge on any atom is 0.130 e. The molecule has 5 heteroatoms. The first-order chi connectivity index (χ1) is 9.12. The molecule has 0 amide bonds. The van der Waals surface area contributed by atoms with E-state index in [1.165, 1.54) is 0 Å². The van der Waals surface area contributed by atoms with Gasteiger partial charge in [0.05, 0.1) is 26.9 Å². The highest BCUT2D eigenvalue weighted by molar-refractivity contribution is 5.50. The van der Waals surface area contributed by atoms with Crippen molar-refractivity contribution in [3.05, 3.63) is 17.7 Å². The SMILES string of the molecule is COc1cc(OC)c(CNCCC(C)N)c(OC)c1. The Bertz CT molecular complexity index is 369. The molecule has 0 heterocycles. The van der Waals surface area contributed by atoms with Crippen LogP contribution in [-0.4, -0.2) is 33.9 Å². The minimum Gasteiger partial charge on any atom is -0.496 e. The molecule has 3 N–H and O–H groups in total. The van der Waals surface area contributed by atoms with Gasteiger partial charge in [-0.25, -0.2) is 0 Å². The Balaban J connectivity index is 2.79. The highest BCUT2D eigenvalue weighted by Gasteiger charge is 2.12. The average Bonchev–Trinajstić information content (AvgIpc) is 2.42. The number of ether oxygens (including phenoxy) is 3. The van der Waals surface area contributed by atoms with E-state index in [-0.39, 0.29) is 6.04 Å². The fourth-order valence-corrected chi connectivity index (χ4v) is 1.80. The lowest BCUT2D eigenvalue weighted by Crippen LogP contribution is -2.24. The van der Waals surface area contributed by atoms with E-state index in [1.54, 1.807) is 21.3 Å². The molecule has 0 bridgehead atoms. The Morgan fingerprint density at radius 3 is 2.11 bits per heavy atom. The zero-order valence-corrected chi connectivity index (χ0v) is 12.2. The van der Waals surface area contributed by atoms with Crippen molar-refractivity contribution in [3.8, 4) is 17.2 Å². The van der Waals surface area contributed by atoms with E-state index < -0.39 is 0 Å². The number of methoxy groups -OCH3 is 3. The quantitative estimate of drug-likeness (QED) is 0.700. The summed E-state index contributed by atoms with van der Waals surface area (Å²) in [5.41, 5.74) is 6.70. The Morgan fingerprint density at radius 1 is 1.11 bits per heavy atom. The van der Waals surface area contributed by atoms with Crippen molar-refractivity contribution in [2.24, 2.45) is 5.73 Å². The van der Waals surface area contributed by atoms with Crippen LogP contribution in [0.25, 0.3) is 0 Å². The van der Waals surface area contributed by atoms with Crippen LogP contribution in [-0.2, 0) is 6.54 Å². The first kappa shape index (κ1) is 15.6. The molecule has 1 atom stereocenters. The molecule has 0 saturated carbocycles. The van der Waals surface area contributed by atoms with Gasteiger partial charge in [-0.2, -0.15) is 0 Å². The number of hydrogen-bond acceptors (Lipinski definition) is 5. The second kappa shape index (κ2) is 7.86. The first-order valence-corrected chi connectivity index (χ1v) is 6.37. The maximum atomic E-state index is 5.72. The van der Waals surface area contributed by atoms with Gasteiger partial charge in [-0.3, -0.25) is 0 Å². The minimum atomic E-state index is 0.201. The lowest BCUT2D eigenvalue weighted by Gasteiger charge is -2.16. The molecule has 19 heavy (non-hydrogen) atoms. The highest BCUT2D eigenvalue weighted by atomic mass is 16.5. The van der Waals surface area contributed by atoms with E-state index in [2.05, 4.69) is 5.32 Å². The molecule has 0 aliphatic carbocycles. The summed E-state index contributed by atoms with van der Waals surface area (Å²) in [7, 11) is 4.90. The predicted octanol–water partition coefficient (Wildman–Crippen LogP) is 1.54. The van der Waals surface area contributed by atoms with Crippen LogP contribution >= 0.6 is 0 Å². The smallest absolute Gasteiger partial charge is 0.130 e. The lowest BCUT2D eigenvalue weighted by atomic mass is 10.1. The van der Waals surface area contributed by atoms with Crippen LogP contribution in [0.3, 0.4) is 0 Å². The summed E-state index contributed by atoms with van der Waals surface area (Å²) < 4.78 is 16.0. The Kier molecular flexibility index (Phi) is 6.45. The molecular formula is C14H24N2O3. The van der Waals surface area contributed by atoms with Crippen LogP contribution in [0.5, 0.6) is 17.2 Å². The van der Waals surface area contributed by atoms with Crippen molar-refractivity contribution < 1.29 is 14.2 Å². The van der Waals surface area contributed by atoms with Crippen molar-refractivity contribution in [1.82, 2.24) is 5.32 Å². The Morgan fingerprint density at radius 2 is 1.68 bits per heavy atom. The zero-order valence-electron chi connectivity index (χ0n) is 12.2. The Labute approximate surface area is 115 Å². The van der Waals surface area contributed by atoms with Gasteiger partial charge in [0.25, 0.3) is 0 Å². The molecule has 0 aliphatic heterocycles. The van der Waals surface area contributed by atoms with Crippen molar-refractivity contribution >= 4 is 0 Å².